The minimum Gasteiger partial charge on any atom is -0.378 e. The Kier molecular flexibility index (Phi) is 4.24. The second-order valence-corrected chi connectivity index (χ2v) is 6.25. The maximum absolute atomic E-state index is 12.1. The topological polar surface area (TPSA) is 51.2 Å². The molecule has 0 aliphatic heterocycles. The van der Waals surface area contributed by atoms with Crippen molar-refractivity contribution in [2.24, 2.45) is 5.41 Å². The van der Waals surface area contributed by atoms with E-state index in [4.69, 9.17) is 4.74 Å². The molecule has 1 amide bonds. The quantitative estimate of drug-likeness (QED) is 0.875. The van der Waals surface area contributed by atoms with Gasteiger partial charge in [-0.3, -0.25) is 9.78 Å². The fourth-order valence-electron chi connectivity index (χ4n) is 3.71. The zero-order chi connectivity index (χ0) is 14.7. The molecule has 2 unspecified atom stereocenters. The summed E-state index contributed by atoms with van der Waals surface area (Å²) in [6.07, 6.45) is 9.89. The monoisotopic (exact) mass is 288 g/mol. The largest absolute Gasteiger partial charge is 0.378 e. The average Bonchev–Trinajstić information content (AvgIpc) is 2.43. The van der Waals surface area contributed by atoms with E-state index in [0.29, 0.717) is 18.6 Å². The van der Waals surface area contributed by atoms with Crippen LogP contribution in [0.25, 0.3) is 0 Å². The first-order valence-electron chi connectivity index (χ1n) is 8.04. The van der Waals surface area contributed by atoms with E-state index in [-0.39, 0.29) is 11.3 Å². The lowest BCUT2D eigenvalue weighted by molar-refractivity contribution is -0.175. The van der Waals surface area contributed by atoms with Crippen molar-refractivity contribution in [1.29, 1.82) is 0 Å². The third-order valence-corrected chi connectivity index (χ3v) is 5.14. The molecule has 4 heteroatoms. The fourth-order valence-corrected chi connectivity index (χ4v) is 3.71. The van der Waals surface area contributed by atoms with E-state index in [0.717, 1.165) is 25.0 Å². The second-order valence-electron chi connectivity index (χ2n) is 6.25. The van der Waals surface area contributed by atoms with Gasteiger partial charge in [0.1, 0.15) is 0 Å². The number of aryl methyl sites for hydroxylation is 1. The first-order chi connectivity index (χ1) is 10.2. The lowest BCUT2D eigenvalue weighted by atomic mass is 9.51. The van der Waals surface area contributed by atoms with Gasteiger partial charge in [0.25, 0.3) is 0 Å². The molecular formula is C17H24N2O2. The van der Waals surface area contributed by atoms with Crippen molar-refractivity contribution in [3.8, 4) is 0 Å². The minimum absolute atomic E-state index is 0.157. The van der Waals surface area contributed by atoms with Crippen LogP contribution in [0.15, 0.2) is 24.5 Å². The summed E-state index contributed by atoms with van der Waals surface area (Å²) in [6.45, 7) is 2.82. The van der Waals surface area contributed by atoms with Crippen molar-refractivity contribution in [3.05, 3.63) is 30.1 Å². The van der Waals surface area contributed by atoms with Gasteiger partial charge in [-0.2, -0.15) is 0 Å². The number of hydrogen-bond acceptors (Lipinski definition) is 3. The van der Waals surface area contributed by atoms with Gasteiger partial charge in [-0.1, -0.05) is 12.5 Å². The van der Waals surface area contributed by atoms with Gasteiger partial charge in [-0.05, 0) is 44.2 Å². The Balaban J connectivity index is 1.47. The molecule has 1 aromatic rings. The molecule has 3 rings (SSSR count). The molecule has 0 aromatic carbocycles. The van der Waals surface area contributed by atoms with E-state index in [1.54, 1.807) is 6.20 Å². The van der Waals surface area contributed by atoms with Gasteiger partial charge in [0.2, 0.25) is 5.91 Å². The molecule has 2 saturated carbocycles. The standard InChI is InChI=1S/C17H24N2O2/c1-2-21-15-11-14(17(15)8-4-9-17)19-16(20)7-6-13-5-3-10-18-12-13/h3,5,10,12,14-15H,2,4,6-9,11H2,1H3,(H,19,20). The van der Waals surface area contributed by atoms with Crippen LogP contribution in [0.3, 0.4) is 0 Å². The van der Waals surface area contributed by atoms with E-state index < -0.39 is 0 Å². The highest BCUT2D eigenvalue weighted by molar-refractivity contribution is 5.76. The smallest absolute Gasteiger partial charge is 0.220 e. The molecule has 21 heavy (non-hydrogen) atoms. The Hall–Kier alpha value is -1.42. The van der Waals surface area contributed by atoms with Crippen molar-refractivity contribution in [2.45, 2.75) is 57.6 Å². The third-order valence-electron chi connectivity index (χ3n) is 5.14. The number of amides is 1. The van der Waals surface area contributed by atoms with Crippen LogP contribution in [-0.4, -0.2) is 29.6 Å². The Morgan fingerprint density at radius 3 is 3.00 bits per heavy atom. The van der Waals surface area contributed by atoms with Crippen LogP contribution >= 0.6 is 0 Å². The number of pyridine rings is 1. The van der Waals surface area contributed by atoms with E-state index >= 15 is 0 Å². The highest BCUT2D eigenvalue weighted by Crippen LogP contribution is 2.57. The second kappa shape index (κ2) is 6.14. The molecule has 1 N–H and O–H groups in total. The fraction of sp³-hybridized carbons (Fsp3) is 0.647. The maximum Gasteiger partial charge on any atom is 0.220 e. The number of ether oxygens (including phenoxy) is 1. The predicted octanol–water partition coefficient (Wildman–Crippen LogP) is 2.48. The first-order valence-corrected chi connectivity index (χ1v) is 8.04. The summed E-state index contributed by atoms with van der Waals surface area (Å²) in [6, 6.07) is 4.25. The molecule has 4 nitrogen and oxygen atoms in total. The van der Waals surface area contributed by atoms with Crippen LogP contribution < -0.4 is 5.32 Å². The van der Waals surface area contributed by atoms with E-state index in [1.165, 1.54) is 19.3 Å². The number of carbonyl (C=O) groups is 1. The summed E-state index contributed by atoms with van der Waals surface area (Å²) in [7, 11) is 0. The minimum atomic E-state index is 0.157. The highest BCUT2D eigenvalue weighted by atomic mass is 16.5. The molecule has 114 valence electrons. The summed E-state index contributed by atoms with van der Waals surface area (Å²) in [5, 5.41) is 3.23. The van der Waals surface area contributed by atoms with Crippen LogP contribution in [0, 0.1) is 5.41 Å². The molecule has 1 aromatic heterocycles. The Labute approximate surface area is 126 Å². The molecule has 1 heterocycles. The molecule has 2 aliphatic rings. The third kappa shape index (κ3) is 2.82. The Morgan fingerprint density at radius 1 is 1.52 bits per heavy atom. The maximum atomic E-state index is 12.1. The van der Waals surface area contributed by atoms with Crippen molar-refractivity contribution < 1.29 is 9.53 Å². The summed E-state index contributed by atoms with van der Waals surface area (Å²) in [5.74, 6) is 0.157. The van der Waals surface area contributed by atoms with Crippen LogP contribution in [0.4, 0.5) is 0 Å². The summed E-state index contributed by atoms with van der Waals surface area (Å²) < 4.78 is 5.82. The van der Waals surface area contributed by atoms with Gasteiger partial charge in [-0.25, -0.2) is 0 Å². The molecule has 1 spiro atoms. The first kappa shape index (κ1) is 14.5. The molecular weight excluding hydrogens is 264 g/mol. The lowest BCUT2D eigenvalue weighted by Crippen LogP contribution is -2.67. The number of carbonyl (C=O) groups excluding carboxylic acids is 1. The van der Waals surface area contributed by atoms with Gasteiger partial charge in [0.05, 0.1) is 6.10 Å². The van der Waals surface area contributed by atoms with E-state index in [2.05, 4.69) is 10.3 Å². The van der Waals surface area contributed by atoms with Crippen LogP contribution in [0.2, 0.25) is 0 Å². The number of nitrogens with one attached hydrogen (secondary N) is 1. The van der Waals surface area contributed by atoms with Crippen LogP contribution in [0.5, 0.6) is 0 Å². The molecule has 2 aliphatic carbocycles. The zero-order valence-corrected chi connectivity index (χ0v) is 12.7. The van der Waals surface area contributed by atoms with Gasteiger partial charge >= 0.3 is 0 Å². The van der Waals surface area contributed by atoms with Gasteiger partial charge in [0.15, 0.2) is 0 Å². The van der Waals surface area contributed by atoms with Crippen molar-refractivity contribution >= 4 is 5.91 Å². The number of aromatic nitrogens is 1. The zero-order valence-electron chi connectivity index (χ0n) is 12.7. The summed E-state index contributed by atoms with van der Waals surface area (Å²) >= 11 is 0. The van der Waals surface area contributed by atoms with Gasteiger partial charge < -0.3 is 10.1 Å². The van der Waals surface area contributed by atoms with Crippen molar-refractivity contribution in [3.63, 3.8) is 0 Å². The van der Waals surface area contributed by atoms with Gasteiger partial charge in [0, 0.05) is 36.9 Å². The molecule has 2 atom stereocenters. The summed E-state index contributed by atoms with van der Waals surface area (Å²) in [5.41, 5.74) is 1.37. The SMILES string of the molecule is CCOC1CC(NC(=O)CCc2cccnc2)C12CCC2. The Bertz CT molecular complexity index is 485. The number of hydrogen-bond donors (Lipinski definition) is 1. The predicted molar refractivity (Wildman–Crippen MR) is 80.8 cm³/mol. The van der Waals surface area contributed by atoms with Crippen molar-refractivity contribution in [1.82, 2.24) is 10.3 Å². The number of nitrogens with zero attached hydrogens (tertiary/aromatic N) is 1. The normalized spacial score (nSPS) is 26.0. The molecule has 2 fully saturated rings. The molecule has 0 bridgehead atoms. The van der Waals surface area contributed by atoms with Crippen LogP contribution in [-0.2, 0) is 16.0 Å². The lowest BCUT2D eigenvalue weighted by Gasteiger charge is -2.61. The highest BCUT2D eigenvalue weighted by Gasteiger charge is 2.59. The van der Waals surface area contributed by atoms with Crippen LogP contribution in [0.1, 0.15) is 44.6 Å². The van der Waals surface area contributed by atoms with Gasteiger partial charge in [-0.15, -0.1) is 0 Å². The molecule has 0 radical (unpaired) electrons. The molecule has 0 saturated heterocycles. The summed E-state index contributed by atoms with van der Waals surface area (Å²) in [4.78, 5) is 16.2. The van der Waals surface area contributed by atoms with E-state index in [9.17, 15) is 4.79 Å². The Morgan fingerprint density at radius 2 is 2.38 bits per heavy atom. The average molecular weight is 288 g/mol. The van der Waals surface area contributed by atoms with Crippen molar-refractivity contribution in [2.75, 3.05) is 6.61 Å². The number of rotatable bonds is 6. The van der Waals surface area contributed by atoms with E-state index in [1.807, 2.05) is 25.3 Å².